The third kappa shape index (κ3) is 9.98. The number of aromatic hydroxyl groups is 1. The molecule has 1 fully saturated rings. The molecular formula is C59H61N3O9. The second-order valence-electron chi connectivity index (χ2n) is 18.8. The zero-order valence-electron chi connectivity index (χ0n) is 40.1. The van der Waals surface area contributed by atoms with Crippen LogP contribution in [-0.2, 0) is 25.7 Å². The first kappa shape index (κ1) is 47.6. The van der Waals surface area contributed by atoms with Gasteiger partial charge in [0.2, 0.25) is 5.75 Å². The number of hydrogen-bond donors (Lipinski definition) is 6. The normalized spacial score (nSPS) is 19.4. The van der Waals surface area contributed by atoms with Gasteiger partial charge in [-0.05, 0) is 89.4 Å². The maximum absolute atomic E-state index is 14.7. The van der Waals surface area contributed by atoms with Crippen LogP contribution in [0.15, 0.2) is 137 Å². The zero-order valence-corrected chi connectivity index (χ0v) is 40.1. The summed E-state index contributed by atoms with van der Waals surface area (Å²) in [6.45, 7) is 4.43. The molecule has 5 heterocycles. The van der Waals surface area contributed by atoms with E-state index in [4.69, 9.17) is 18.6 Å². The second kappa shape index (κ2) is 21.1. The van der Waals surface area contributed by atoms with Crippen molar-refractivity contribution in [3.05, 3.63) is 177 Å². The Kier molecular flexibility index (Phi) is 14.1. The van der Waals surface area contributed by atoms with Gasteiger partial charge in [-0.25, -0.2) is 0 Å². The van der Waals surface area contributed by atoms with E-state index in [9.17, 15) is 25.2 Å². The van der Waals surface area contributed by atoms with Gasteiger partial charge >= 0.3 is 0 Å². The summed E-state index contributed by atoms with van der Waals surface area (Å²) in [7, 11) is 1.51. The lowest BCUT2D eigenvalue weighted by molar-refractivity contribution is 0.144. The summed E-state index contributed by atoms with van der Waals surface area (Å²) >= 11 is 0. The van der Waals surface area contributed by atoms with E-state index in [1.807, 2.05) is 42.5 Å². The van der Waals surface area contributed by atoms with Gasteiger partial charge in [0, 0.05) is 72.4 Å². The molecule has 2 aromatic heterocycles. The Hall–Kier alpha value is -7.09. The summed E-state index contributed by atoms with van der Waals surface area (Å²) in [6, 6.07) is 34.9. The van der Waals surface area contributed by atoms with E-state index in [0.29, 0.717) is 29.7 Å². The Morgan fingerprint density at radius 3 is 2.55 bits per heavy atom. The Labute approximate surface area is 413 Å². The highest BCUT2D eigenvalue weighted by Crippen LogP contribution is 2.48. The highest BCUT2D eigenvalue weighted by atomic mass is 16.5. The number of nitrogens with zero attached hydrogens (tertiary/aromatic N) is 1. The maximum atomic E-state index is 14.7. The lowest BCUT2D eigenvalue weighted by atomic mass is 9.78. The van der Waals surface area contributed by atoms with Gasteiger partial charge in [-0.15, -0.1) is 0 Å². The molecule has 3 aliphatic heterocycles. The Morgan fingerprint density at radius 2 is 1.75 bits per heavy atom. The molecule has 5 atom stereocenters. The number of aliphatic hydroxyl groups is 3. The van der Waals surface area contributed by atoms with Crippen molar-refractivity contribution in [1.82, 2.24) is 10.3 Å². The number of methoxy groups -OCH3 is 1. The number of aromatic amines is 1. The van der Waals surface area contributed by atoms with Gasteiger partial charge in [0.05, 0.1) is 39.1 Å². The van der Waals surface area contributed by atoms with Gasteiger partial charge < -0.3 is 54.3 Å². The van der Waals surface area contributed by atoms with Gasteiger partial charge in [0.1, 0.15) is 28.3 Å². The zero-order chi connectivity index (χ0) is 49.0. The molecule has 12 nitrogen and oxygen atoms in total. The van der Waals surface area contributed by atoms with Crippen LogP contribution in [0.25, 0.3) is 39.5 Å². The molecule has 5 aromatic carbocycles. The Balaban J connectivity index is 1.13. The van der Waals surface area contributed by atoms with E-state index < -0.39 is 18.1 Å². The third-order valence-corrected chi connectivity index (χ3v) is 14.2. The molecule has 4 aliphatic rings. The molecule has 6 N–H and O–H groups in total. The number of fused-ring (bicyclic) bond motifs is 5. The fourth-order valence-electron chi connectivity index (χ4n) is 10.4. The van der Waals surface area contributed by atoms with E-state index in [-0.39, 0.29) is 77.6 Å². The number of benzene rings is 5. The van der Waals surface area contributed by atoms with Crippen molar-refractivity contribution < 1.29 is 39.1 Å². The first-order valence-electron chi connectivity index (χ1n) is 24.7. The summed E-state index contributed by atoms with van der Waals surface area (Å²) in [5, 5.41) is 47.7. The van der Waals surface area contributed by atoms with E-state index in [1.165, 1.54) is 13.2 Å². The van der Waals surface area contributed by atoms with Crippen molar-refractivity contribution in [2.24, 2.45) is 5.92 Å². The van der Waals surface area contributed by atoms with Crippen LogP contribution in [0.5, 0.6) is 23.0 Å². The summed E-state index contributed by atoms with van der Waals surface area (Å²) < 4.78 is 26.6. The quantitative estimate of drug-likeness (QED) is 0.0724. The van der Waals surface area contributed by atoms with Crippen LogP contribution >= 0.6 is 0 Å². The molecule has 1 aliphatic carbocycles. The SMILES string of the molecule is CCc1cc2c([nH]1)N1CCNCC1Cc1ccc3c(c1)C(O)C=CC3C(CO)COc1c(OC)c(OCCC(O)C=Cc3ccccc3)c3c(=O)cc(-c4ccc(O)cc4)oc3c1CCc1cccc-2c1. The molecule has 7 aromatic rings. The van der Waals surface area contributed by atoms with E-state index in [0.717, 1.165) is 82.9 Å². The van der Waals surface area contributed by atoms with Crippen molar-refractivity contribution in [3.63, 3.8) is 0 Å². The molecule has 71 heavy (non-hydrogen) atoms. The highest BCUT2D eigenvalue weighted by molar-refractivity contribution is 5.93. The summed E-state index contributed by atoms with van der Waals surface area (Å²) in [5.74, 6) is 1.26. The molecular weight excluding hydrogens is 895 g/mol. The van der Waals surface area contributed by atoms with Crippen LogP contribution < -0.4 is 29.9 Å². The highest BCUT2D eigenvalue weighted by Gasteiger charge is 2.33. The number of anilines is 1. The van der Waals surface area contributed by atoms with Crippen molar-refractivity contribution in [1.29, 1.82) is 0 Å². The predicted octanol–water partition coefficient (Wildman–Crippen LogP) is 9.07. The number of rotatable bonds is 10. The number of aryl methyl sites for hydroxylation is 3. The number of hydrogen-bond acceptors (Lipinski definition) is 11. The molecule has 5 unspecified atom stereocenters. The average Bonchev–Trinajstić information content (AvgIpc) is 3.83. The lowest BCUT2D eigenvalue weighted by Crippen LogP contribution is -2.52. The minimum absolute atomic E-state index is 0.0132. The van der Waals surface area contributed by atoms with Crippen molar-refractivity contribution in [2.75, 3.05) is 51.5 Å². The number of ether oxygens (including phenoxy) is 3. The van der Waals surface area contributed by atoms with Gasteiger partial charge in [-0.1, -0.05) is 104 Å². The largest absolute Gasteiger partial charge is 0.508 e. The Morgan fingerprint density at radius 1 is 0.901 bits per heavy atom. The number of phenols is 1. The maximum Gasteiger partial charge on any atom is 0.204 e. The van der Waals surface area contributed by atoms with Gasteiger partial charge in [0.15, 0.2) is 16.9 Å². The Bertz CT molecular complexity index is 3120. The van der Waals surface area contributed by atoms with Crippen molar-refractivity contribution in [2.45, 2.75) is 63.2 Å². The smallest absolute Gasteiger partial charge is 0.204 e. The average molecular weight is 956 g/mol. The fraction of sp³-hybridized carbons (Fsp3) is 0.305. The molecule has 6 bridgehead atoms. The number of aliphatic hydroxyl groups excluding tert-OH is 3. The van der Waals surface area contributed by atoms with E-state index in [2.05, 4.69) is 70.7 Å². The van der Waals surface area contributed by atoms with Crippen molar-refractivity contribution in [3.8, 4) is 45.4 Å². The van der Waals surface area contributed by atoms with Crippen LogP contribution in [0.4, 0.5) is 5.82 Å². The second-order valence-corrected chi connectivity index (χ2v) is 18.8. The molecule has 0 spiro atoms. The van der Waals surface area contributed by atoms with Gasteiger partial charge in [-0.2, -0.15) is 0 Å². The number of piperazine rings is 1. The van der Waals surface area contributed by atoms with E-state index >= 15 is 0 Å². The first-order valence-corrected chi connectivity index (χ1v) is 24.7. The number of nitrogens with one attached hydrogen (secondary N) is 2. The minimum atomic E-state index is -0.856. The van der Waals surface area contributed by atoms with Crippen LogP contribution in [0.3, 0.4) is 0 Å². The number of phenolic OH excluding ortho intramolecular Hbond substituents is 1. The fourth-order valence-corrected chi connectivity index (χ4v) is 10.4. The molecule has 0 radical (unpaired) electrons. The molecule has 0 saturated carbocycles. The van der Waals surface area contributed by atoms with Crippen LogP contribution in [0.2, 0.25) is 0 Å². The topological polar surface area (TPSA) is 170 Å². The summed E-state index contributed by atoms with van der Waals surface area (Å²) in [4.78, 5) is 21.0. The molecule has 1 saturated heterocycles. The van der Waals surface area contributed by atoms with Gasteiger partial charge in [-0.3, -0.25) is 4.79 Å². The van der Waals surface area contributed by atoms with E-state index in [1.54, 1.807) is 36.4 Å². The summed E-state index contributed by atoms with van der Waals surface area (Å²) in [5.41, 5.74) is 9.19. The van der Waals surface area contributed by atoms with Crippen LogP contribution in [0, 0.1) is 5.92 Å². The number of aromatic nitrogens is 1. The first-order chi connectivity index (χ1) is 34.7. The molecule has 0 amide bonds. The third-order valence-electron chi connectivity index (χ3n) is 14.2. The standard InChI is InChI=1S/C59H61N3O9/c1-3-42-31-49-40-11-7-10-37(28-40)13-21-48-55-54(52(67)32-53(71-55)39-15-18-44(64)19-16-39)57(69-27-24-45(65)17-12-36-8-5-4-6-9-36)58(68-2)56(48)70-35-41(34-63)46-22-23-51(66)50-30-38(14-20-47(46)50)29-43-33-60-25-26-62(43)59(49)61-42/h4-12,14-20,22-23,28,30-32,41,43,45-46,51,60-61,63-66H,3,13,21,24-27,29,33-35H2,1-2H3. The molecule has 12 heteroatoms. The predicted molar refractivity (Wildman–Crippen MR) is 278 cm³/mol. The molecule has 11 rings (SSSR count). The van der Waals surface area contributed by atoms with Crippen molar-refractivity contribution >= 4 is 22.9 Å². The number of allylic oxidation sites excluding steroid dienone is 1. The monoisotopic (exact) mass is 955 g/mol. The lowest BCUT2D eigenvalue weighted by Gasteiger charge is -2.38. The summed E-state index contributed by atoms with van der Waals surface area (Å²) in [6.07, 6.45) is 8.30. The molecule has 366 valence electrons. The minimum Gasteiger partial charge on any atom is -0.508 e. The van der Waals surface area contributed by atoms with Crippen LogP contribution in [0.1, 0.15) is 64.4 Å². The van der Waals surface area contributed by atoms with Gasteiger partial charge in [0.25, 0.3) is 0 Å². The van der Waals surface area contributed by atoms with Crippen LogP contribution in [-0.4, -0.2) is 84.1 Å². The number of H-pyrrole nitrogens is 1.